The van der Waals surface area contributed by atoms with Gasteiger partial charge in [0, 0.05) is 22.2 Å². The summed E-state index contributed by atoms with van der Waals surface area (Å²) >= 11 is 0. The number of benzene rings is 3. The van der Waals surface area contributed by atoms with Crippen molar-refractivity contribution in [2.24, 2.45) is 0 Å². The van der Waals surface area contributed by atoms with Crippen molar-refractivity contribution >= 4 is 34.4 Å². The third kappa shape index (κ3) is 4.13. The predicted molar refractivity (Wildman–Crippen MR) is 153 cm³/mol. The van der Waals surface area contributed by atoms with Crippen LogP contribution in [-0.4, -0.2) is 28.3 Å². The fourth-order valence-electron chi connectivity index (χ4n) is 5.05. The molecule has 0 radical (unpaired) electrons. The van der Waals surface area contributed by atoms with Crippen molar-refractivity contribution in [1.82, 2.24) is 9.97 Å². The van der Waals surface area contributed by atoms with Gasteiger partial charge in [0.25, 0.3) is 0 Å². The maximum absolute atomic E-state index is 6.30. The summed E-state index contributed by atoms with van der Waals surface area (Å²) in [5, 5.41) is 2.22. The third-order valence-electron chi connectivity index (χ3n) is 7.83. The lowest BCUT2D eigenvalue weighted by Crippen LogP contribution is -2.41. The van der Waals surface area contributed by atoms with Crippen molar-refractivity contribution in [1.29, 1.82) is 0 Å². The largest absolute Gasteiger partial charge is 0.494 e. The summed E-state index contributed by atoms with van der Waals surface area (Å²) < 4.78 is 12.6. The second kappa shape index (κ2) is 8.51. The molecule has 0 amide bonds. The van der Waals surface area contributed by atoms with Crippen LogP contribution in [0.3, 0.4) is 0 Å². The molecule has 184 valence electrons. The van der Waals surface area contributed by atoms with Crippen LogP contribution in [0.25, 0.3) is 44.1 Å². The van der Waals surface area contributed by atoms with Crippen molar-refractivity contribution in [2.75, 3.05) is 0 Å². The zero-order valence-corrected chi connectivity index (χ0v) is 22.3. The Hall–Kier alpha value is -3.54. The van der Waals surface area contributed by atoms with E-state index in [0.717, 1.165) is 60.9 Å². The van der Waals surface area contributed by atoms with Gasteiger partial charge in [0.15, 0.2) is 0 Å². The van der Waals surface area contributed by atoms with Crippen LogP contribution in [0.2, 0.25) is 0 Å². The molecule has 0 unspecified atom stereocenters. The molecule has 0 atom stereocenters. The Balaban J connectivity index is 1.43. The van der Waals surface area contributed by atoms with Crippen LogP contribution in [0.1, 0.15) is 39.1 Å². The molecule has 5 heteroatoms. The van der Waals surface area contributed by atoms with Crippen LogP contribution >= 0.6 is 0 Å². The van der Waals surface area contributed by atoms with Crippen LogP contribution in [0, 0.1) is 13.8 Å². The summed E-state index contributed by atoms with van der Waals surface area (Å²) in [5.74, 6) is 0. The van der Waals surface area contributed by atoms with E-state index >= 15 is 0 Å². The Bertz CT molecular complexity index is 1660. The first-order valence-electron chi connectivity index (χ1n) is 12.9. The minimum absolute atomic E-state index is 0.370. The highest BCUT2D eigenvalue weighted by Gasteiger charge is 2.51. The molecular formula is C32H31BN2O2. The van der Waals surface area contributed by atoms with E-state index in [-0.39, 0.29) is 18.3 Å². The number of nitrogens with zero attached hydrogens (tertiary/aromatic N) is 2. The second-order valence-corrected chi connectivity index (χ2v) is 11.1. The molecule has 4 nitrogen and oxygen atoms in total. The average Bonchev–Trinajstić information content (AvgIpc) is 3.10. The van der Waals surface area contributed by atoms with Gasteiger partial charge < -0.3 is 9.31 Å². The van der Waals surface area contributed by atoms with Crippen molar-refractivity contribution in [2.45, 2.75) is 52.7 Å². The highest BCUT2D eigenvalue weighted by molar-refractivity contribution is 6.62. The van der Waals surface area contributed by atoms with Gasteiger partial charge in [-0.1, -0.05) is 60.7 Å². The van der Waals surface area contributed by atoms with E-state index in [1.807, 2.05) is 13.0 Å². The summed E-state index contributed by atoms with van der Waals surface area (Å²) in [6, 6.07) is 27.8. The molecule has 1 saturated heterocycles. The molecule has 1 aliphatic rings. The van der Waals surface area contributed by atoms with E-state index in [1.165, 1.54) is 0 Å². The standard InChI is InChI=1S/C32H31BN2O2/c1-20-13-14-22-15-16-27-28(17-21(2)35-30(27)29(22)34-20)25-11-7-9-23(18-25)24-10-8-12-26(19-24)33-36-31(3,4)32(5,6)37-33/h7-19H,1-6H3. The summed E-state index contributed by atoms with van der Waals surface area (Å²) in [7, 11) is -0.385. The van der Waals surface area contributed by atoms with Crippen LogP contribution in [0.15, 0.2) is 78.9 Å². The molecule has 37 heavy (non-hydrogen) atoms. The Morgan fingerprint density at radius 3 is 2.00 bits per heavy atom. The first-order chi connectivity index (χ1) is 17.6. The molecule has 3 heterocycles. The van der Waals surface area contributed by atoms with E-state index in [0.29, 0.717) is 0 Å². The van der Waals surface area contributed by atoms with Gasteiger partial charge in [0.2, 0.25) is 0 Å². The van der Waals surface area contributed by atoms with Crippen LogP contribution in [0.4, 0.5) is 0 Å². The number of rotatable bonds is 3. The van der Waals surface area contributed by atoms with Crippen molar-refractivity contribution in [3.63, 3.8) is 0 Å². The van der Waals surface area contributed by atoms with E-state index in [2.05, 4.69) is 107 Å². The van der Waals surface area contributed by atoms with Crippen LogP contribution in [-0.2, 0) is 9.31 Å². The van der Waals surface area contributed by atoms with Gasteiger partial charge in [-0.15, -0.1) is 0 Å². The average molecular weight is 486 g/mol. The number of pyridine rings is 2. The van der Waals surface area contributed by atoms with Crippen molar-refractivity contribution < 1.29 is 9.31 Å². The van der Waals surface area contributed by atoms with Gasteiger partial charge in [0.1, 0.15) is 0 Å². The number of hydrogen-bond donors (Lipinski definition) is 0. The molecule has 0 N–H and O–H groups in total. The quantitative estimate of drug-likeness (QED) is 0.203. The second-order valence-electron chi connectivity index (χ2n) is 11.1. The summed E-state index contributed by atoms with van der Waals surface area (Å²) in [5.41, 5.74) is 8.76. The molecule has 1 aliphatic heterocycles. The Labute approximate surface area is 218 Å². The normalized spacial score (nSPS) is 16.5. The van der Waals surface area contributed by atoms with Crippen molar-refractivity contribution in [3.8, 4) is 22.3 Å². The topological polar surface area (TPSA) is 44.2 Å². The predicted octanol–water partition coefficient (Wildman–Crippen LogP) is 7.03. The summed E-state index contributed by atoms with van der Waals surface area (Å²) in [6.07, 6.45) is 0. The maximum atomic E-state index is 6.30. The van der Waals surface area contributed by atoms with Gasteiger partial charge in [-0.05, 0) is 87.5 Å². The number of hydrogen-bond acceptors (Lipinski definition) is 4. The monoisotopic (exact) mass is 486 g/mol. The van der Waals surface area contributed by atoms with Gasteiger partial charge in [-0.25, -0.2) is 0 Å². The van der Waals surface area contributed by atoms with Gasteiger partial charge in [0.05, 0.1) is 22.2 Å². The van der Waals surface area contributed by atoms with E-state index < -0.39 is 0 Å². The first kappa shape index (κ1) is 23.8. The Morgan fingerprint density at radius 1 is 0.622 bits per heavy atom. The molecule has 6 rings (SSSR count). The van der Waals surface area contributed by atoms with Gasteiger partial charge in [-0.2, -0.15) is 0 Å². The van der Waals surface area contributed by atoms with E-state index in [4.69, 9.17) is 19.3 Å². The minimum Gasteiger partial charge on any atom is -0.399 e. The lowest BCUT2D eigenvalue weighted by Gasteiger charge is -2.32. The number of aromatic nitrogens is 2. The lowest BCUT2D eigenvalue weighted by atomic mass is 9.78. The van der Waals surface area contributed by atoms with Crippen LogP contribution in [0.5, 0.6) is 0 Å². The number of fused-ring (bicyclic) bond motifs is 3. The van der Waals surface area contributed by atoms with Crippen molar-refractivity contribution in [3.05, 3.63) is 90.3 Å². The molecule has 0 saturated carbocycles. The maximum Gasteiger partial charge on any atom is 0.494 e. The van der Waals surface area contributed by atoms with E-state index in [1.54, 1.807) is 0 Å². The minimum atomic E-state index is -0.385. The van der Waals surface area contributed by atoms with E-state index in [9.17, 15) is 0 Å². The lowest BCUT2D eigenvalue weighted by molar-refractivity contribution is 0.00578. The van der Waals surface area contributed by atoms with Crippen LogP contribution < -0.4 is 5.46 Å². The SMILES string of the molecule is Cc1ccc2ccc3c(-c4cccc(-c5cccc(B6OC(C)(C)C(C)(C)O6)c5)c4)cc(C)nc3c2n1. The molecule has 5 aromatic rings. The fraction of sp³-hybridized carbons (Fsp3) is 0.250. The Morgan fingerprint density at radius 2 is 1.24 bits per heavy atom. The number of aryl methyl sites for hydroxylation is 2. The summed E-state index contributed by atoms with van der Waals surface area (Å²) in [4.78, 5) is 9.73. The Kier molecular flexibility index (Phi) is 5.48. The molecule has 1 fully saturated rings. The molecule has 3 aromatic carbocycles. The molecule has 0 aliphatic carbocycles. The molecule has 0 bridgehead atoms. The summed E-state index contributed by atoms with van der Waals surface area (Å²) in [6.45, 7) is 12.4. The third-order valence-corrected chi connectivity index (χ3v) is 7.83. The highest BCUT2D eigenvalue weighted by atomic mass is 16.7. The zero-order valence-electron chi connectivity index (χ0n) is 22.3. The van der Waals surface area contributed by atoms with Gasteiger partial charge >= 0.3 is 7.12 Å². The highest BCUT2D eigenvalue weighted by Crippen LogP contribution is 2.37. The zero-order chi connectivity index (χ0) is 25.9. The smallest absolute Gasteiger partial charge is 0.399 e. The molecule has 0 spiro atoms. The van der Waals surface area contributed by atoms with Gasteiger partial charge in [-0.3, -0.25) is 9.97 Å². The molecular weight excluding hydrogens is 455 g/mol. The fourth-order valence-corrected chi connectivity index (χ4v) is 5.05. The molecule has 2 aromatic heterocycles. The first-order valence-corrected chi connectivity index (χ1v) is 12.9.